The van der Waals surface area contributed by atoms with Crippen molar-refractivity contribution in [1.82, 2.24) is 5.32 Å². The molecule has 1 aromatic rings. The maximum absolute atomic E-state index is 13.4. The molecular weight excluding hydrogens is 305 g/mol. The van der Waals surface area contributed by atoms with Crippen LogP contribution >= 0.6 is 0 Å². The van der Waals surface area contributed by atoms with E-state index in [1.807, 2.05) is 18.6 Å². The third-order valence-corrected chi connectivity index (χ3v) is 4.00. The highest BCUT2D eigenvalue weighted by Crippen LogP contribution is 2.21. The molecule has 120 valence electrons. The zero-order valence-corrected chi connectivity index (χ0v) is 12.7. The quantitative estimate of drug-likeness (QED) is 0.723. The summed E-state index contributed by atoms with van der Waals surface area (Å²) >= 11 is 0. The third kappa shape index (κ3) is 6.34. The average Bonchev–Trinajstić information content (AvgIpc) is 2.33. The van der Waals surface area contributed by atoms with E-state index in [-0.39, 0.29) is 5.75 Å². The van der Waals surface area contributed by atoms with Gasteiger partial charge >= 0.3 is 0 Å². The topological polar surface area (TPSA) is 58.2 Å². The van der Waals surface area contributed by atoms with Crippen LogP contribution in [-0.2, 0) is 10.0 Å². The van der Waals surface area contributed by atoms with Crippen molar-refractivity contribution in [3.05, 3.63) is 29.6 Å². The number of halogens is 3. The molecule has 0 aliphatic rings. The molecule has 0 radical (unpaired) electrons. The molecule has 0 amide bonds. The second-order valence-corrected chi connectivity index (χ2v) is 6.82. The summed E-state index contributed by atoms with van der Waals surface area (Å²) in [5, 5.41) is 3.13. The number of hydrogen-bond acceptors (Lipinski definition) is 3. The summed E-state index contributed by atoms with van der Waals surface area (Å²) in [6.07, 6.45) is 0.965. The second kappa shape index (κ2) is 7.65. The number of benzene rings is 1. The Labute approximate surface area is 122 Å². The number of rotatable bonds is 8. The standard InChI is InChI=1S/C13H19F3N2O2S/c1-9(2)17-5-3-4-6-21(19,20)18-13-11(15)7-10(14)8-12(13)16/h7-9,17-18H,3-6H2,1-2H3. The first-order valence-electron chi connectivity index (χ1n) is 6.59. The van der Waals surface area contributed by atoms with Gasteiger partial charge in [0.25, 0.3) is 0 Å². The first-order valence-corrected chi connectivity index (χ1v) is 8.25. The van der Waals surface area contributed by atoms with E-state index in [1.165, 1.54) is 0 Å². The van der Waals surface area contributed by atoms with Crippen molar-refractivity contribution in [3.8, 4) is 0 Å². The lowest BCUT2D eigenvalue weighted by Gasteiger charge is -2.11. The molecule has 4 nitrogen and oxygen atoms in total. The molecule has 0 heterocycles. The highest BCUT2D eigenvalue weighted by atomic mass is 32.2. The van der Waals surface area contributed by atoms with Crippen LogP contribution in [0.15, 0.2) is 12.1 Å². The SMILES string of the molecule is CC(C)NCCCCS(=O)(=O)Nc1c(F)cc(F)cc1F. The molecule has 0 spiro atoms. The minimum Gasteiger partial charge on any atom is -0.315 e. The van der Waals surface area contributed by atoms with E-state index >= 15 is 0 Å². The van der Waals surface area contributed by atoms with Gasteiger partial charge in [0.05, 0.1) is 5.75 Å². The van der Waals surface area contributed by atoms with Crippen molar-refractivity contribution < 1.29 is 21.6 Å². The van der Waals surface area contributed by atoms with Crippen LogP contribution < -0.4 is 10.0 Å². The molecule has 0 aliphatic carbocycles. The molecule has 0 aliphatic heterocycles. The van der Waals surface area contributed by atoms with Crippen LogP contribution in [0.4, 0.5) is 18.9 Å². The zero-order valence-electron chi connectivity index (χ0n) is 11.9. The van der Waals surface area contributed by atoms with Gasteiger partial charge < -0.3 is 5.32 Å². The van der Waals surface area contributed by atoms with E-state index in [1.54, 1.807) is 0 Å². The number of hydrogen-bond donors (Lipinski definition) is 2. The van der Waals surface area contributed by atoms with Crippen LogP contribution in [0.5, 0.6) is 0 Å². The van der Waals surface area contributed by atoms with Crippen LogP contribution in [0.25, 0.3) is 0 Å². The van der Waals surface area contributed by atoms with Gasteiger partial charge in [0.2, 0.25) is 10.0 Å². The lowest BCUT2D eigenvalue weighted by atomic mass is 10.3. The van der Waals surface area contributed by atoms with Gasteiger partial charge in [0.1, 0.15) is 11.5 Å². The minimum atomic E-state index is -3.87. The van der Waals surface area contributed by atoms with E-state index < -0.39 is 33.2 Å². The third-order valence-electron chi connectivity index (χ3n) is 2.66. The predicted molar refractivity (Wildman–Crippen MR) is 76.1 cm³/mol. The van der Waals surface area contributed by atoms with Crippen LogP contribution in [0, 0.1) is 17.5 Å². The van der Waals surface area contributed by atoms with E-state index in [4.69, 9.17) is 0 Å². The van der Waals surface area contributed by atoms with Crippen molar-refractivity contribution in [2.75, 3.05) is 17.0 Å². The second-order valence-electron chi connectivity index (χ2n) is 4.98. The van der Waals surface area contributed by atoms with Crippen molar-refractivity contribution in [1.29, 1.82) is 0 Å². The zero-order chi connectivity index (χ0) is 16.0. The van der Waals surface area contributed by atoms with E-state index in [2.05, 4.69) is 5.32 Å². The fourth-order valence-corrected chi connectivity index (χ4v) is 2.85. The monoisotopic (exact) mass is 324 g/mol. The molecule has 1 aromatic carbocycles. The molecule has 21 heavy (non-hydrogen) atoms. The largest absolute Gasteiger partial charge is 0.315 e. The Morgan fingerprint density at radius 1 is 1.10 bits per heavy atom. The van der Waals surface area contributed by atoms with E-state index in [0.717, 1.165) is 0 Å². The Balaban J connectivity index is 2.57. The van der Waals surface area contributed by atoms with Crippen molar-refractivity contribution in [2.24, 2.45) is 0 Å². The molecule has 0 aromatic heterocycles. The number of sulfonamides is 1. The summed E-state index contributed by atoms with van der Waals surface area (Å²) in [6, 6.07) is 1.16. The summed E-state index contributed by atoms with van der Waals surface area (Å²) in [5.74, 6) is -3.92. The summed E-state index contributed by atoms with van der Waals surface area (Å²) in [6.45, 7) is 4.60. The maximum atomic E-state index is 13.4. The van der Waals surface area contributed by atoms with Gasteiger partial charge in [0, 0.05) is 18.2 Å². The van der Waals surface area contributed by atoms with Crippen LogP contribution in [0.3, 0.4) is 0 Å². The number of anilines is 1. The smallest absolute Gasteiger partial charge is 0.232 e. The fraction of sp³-hybridized carbons (Fsp3) is 0.538. The normalized spacial score (nSPS) is 11.9. The molecule has 0 saturated carbocycles. The maximum Gasteiger partial charge on any atom is 0.232 e. The predicted octanol–water partition coefficient (Wildman–Crippen LogP) is 2.62. The Bertz CT molecular complexity index is 554. The van der Waals surface area contributed by atoms with Crippen molar-refractivity contribution >= 4 is 15.7 Å². The van der Waals surface area contributed by atoms with Gasteiger partial charge in [-0.3, -0.25) is 4.72 Å². The van der Waals surface area contributed by atoms with Gasteiger partial charge in [-0.2, -0.15) is 0 Å². The van der Waals surface area contributed by atoms with Gasteiger partial charge in [-0.1, -0.05) is 13.8 Å². The van der Waals surface area contributed by atoms with Crippen molar-refractivity contribution in [2.45, 2.75) is 32.7 Å². The first kappa shape index (κ1) is 17.8. The fourth-order valence-electron chi connectivity index (χ4n) is 1.65. The number of nitrogens with one attached hydrogen (secondary N) is 2. The minimum absolute atomic E-state index is 0.261. The Morgan fingerprint density at radius 2 is 1.67 bits per heavy atom. The average molecular weight is 324 g/mol. The van der Waals surface area contributed by atoms with Crippen LogP contribution in [-0.4, -0.2) is 26.8 Å². The molecule has 0 fully saturated rings. The lowest BCUT2D eigenvalue weighted by molar-refractivity contribution is 0.546. The summed E-state index contributed by atoms with van der Waals surface area (Å²) in [7, 11) is -3.87. The van der Waals surface area contributed by atoms with E-state index in [9.17, 15) is 21.6 Å². The molecule has 0 bridgehead atoms. The molecule has 1 rings (SSSR count). The van der Waals surface area contributed by atoms with Gasteiger partial charge in [0.15, 0.2) is 11.6 Å². The first-order chi connectivity index (χ1) is 9.71. The summed E-state index contributed by atoms with van der Waals surface area (Å²) in [5.41, 5.74) is -0.850. The Morgan fingerprint density at radius 3 is 2.19 bits per heavy atom. The van der Waals surface area contributed by atoms with E-state index in [0.29, 0.717) is 37.6 Å². The molecule has 0 saturated heterocycles. The molecular formula is C13H19F3N2O2S. The van der Waals surface area contributed by atoms with Gasteiger partial charge in [-0.25, -0.2) is 21.6 Å². The van der Waals surface area contributed by atoms with Gasteiger partial charge in [-0.05, 0) is 19.4 Å². The highest BCUT2D eigenvalue weighted by Gasteiger charge is 2.18. The van der Waals surface area contributed by atoms with Crippen LogP contribution in [0.1, 0.15) is 26.7 Å². The highest BCUT2D eigenvalue weighted by molar-refractivity contribution is 7.92. The molecule has 8 heteroatoms. The molecule has 2 N–H and O–H groups in total. The number of unbranched alkanes of at least 4 members (excludes halogenated alkanes) is 1. The summed E-state index contributed by atoms with van der Waals surface area (Å²) in [4.78, 5) is 0. The Kier molecular flexibility index (Phi) is 6.47. The Hall–Kier alpha value is -1.28. The van der Waals surface area contributed by atoms with Crippen molar-refractivity contribution in [3.63, 3.8) is 0 Å². The summed E-state index contributed by atoms with van der Waals surface area (Å²) < 4.78 is 64.7. The lowest BCUT2D eigenvalue weighted by Crippen LogP contribution is -2.24. The van der Waals surface area contributed by atoms with Crippen LogP contribution in [0.2, 0.25) is 0 Å². The van der Waals surface area contributed by atoms with Gasteiger partial charge in [-0.15, -0.1) is 0 Å². The molecule has 0 atom stereocenters. The molecule has 0 unspecified atom stereocenters.